The molecule has 0 aliphatic heterocycles. The van der Waals surface area contributed by atoms with Crippen molar-refractivity contribution >= 4 is 39.1 Å². The van der Waals surface area contributed by atoms with Gasteiger partial charge in [0.25, 0.3) is 10.0 Å². The Hall–Kier alpha value is -3.63. The minimum absolute atomic E-state index is 0.0451. The van der Waals surface area contributed by atoms with Crippen molar-refractivity contribution in [3.05, 3.63) is 89.2 Å². The molecular formula is C30H35ClFN3O5S. The molecule has 220 valence electrons. The van der Waals surface area contributed by atoms with Gasteiger partial charge in [0.2, 0.25) is 11.8 Å². The molecule has 0 saturated heterocycles. The van der Waals surface area contributed by atoms with Crippen LogP contribution in [0.5, 0.6) is 5.75 Å². The van der Waals surface area contributed by atoms with E-state index in [4.69, 9.17) is 16.3 Å². The summed E-state index contributed by atoms with van der Waals surface area (Å²) in [5, 5.41) is 3.40. The number of anilines is 1. The van der Waals surface area contributed by atoms with Gasteiger partial charge in [-0.05, 0) is 78.6 Å². The minimum atomic E-state index is -4.28. The maximum Gasteiger partial charge on any atom is 0.264 e. The molecule has 3 rings (SSSR count). The highest BCUT2D eigenvalue weighted by Gasteiger charge is 2.33. The molecule has 1 unspecified atom stereocenters. The van der Waals surface area contributed by atoms with Crippen LogP contribution in [0.15, 0.2) is 77.7 Å². The van der Waals surface area contributed by atoms with Crippen LogP contribution >= 0.6 is 11.6 Å². The van der Waals surface area contributed by atoms with E-state index in [1.165, 1.54) is 48.4 Å². The summed E-state index contributed by atoms with van der Waals surface area (Å²) >= 11 is 6.04. The molecule has 0 aliphatic rings. The molecule has 0 radical (unpaired) electrons. The second-order valence-electron chi connectivity index (χ2n) is 9.87. The van der Waals surface area contributed by atoms with Crippen LogP contribution < -0.4 is 14.4 Å². The Labute approximate surface area is 246 Å². The van der Waals surface area contributed by atoms with E-state index < -0.39 is 34.3 Å². The normalized spacial score (nSPS) is 12.1. The molecule has 3 aromatic carbocycles. The van der Waals surface area contributed by atoms with Crippen molar-refractivity contribution in [3.8, 4) is 5.75 Å². The molecular weight excluding hydrogens is 569 g/mol. The van der Waals surface area contributed by atoms with Gasteiger partial charge in [0.15, 0.2) is 0 Å². The largest absolute Gasteiger partial charge is 0.497 e. The van der Waals surface area contributed by atoms with Gasteiger partial charge >= 0.3 is 0 Å². The molecule has 0 saturated carbocycles. The second kappa shape index (κ2) is 14.3. The first-order chi connectivity index (χ1) is 19.5. The maximum absolute atomic E-state index is 14.0. The van der Waals surface area contributed by atoms with Crippen molar-refractivity contribution in [2.24, 2.45) is 5.92 Å². The summed E-state index contributed by atoms with van der Waals surface area (Å²) in [7, 11) is -2.82. The highest BCUT2D eigenvalue weighted by Crippen LogP contribution is 2.26. The van der Waals surface area contributed by atoms with Crippen LogP contribution in [-0.2, 0) is 26.2 Å². The van der Waals surface area contributed by atoms with Crippen molar-refractivity contribution < 1.29 is 27.1 Å². The minimum Gasteiger partial charge on any atom is -0.497 e. The number of nitrogens with zero attached hydrogens (tertiary/aromatic N) is 2. The molecule has 0 bridgehead atoms. The molecule has 0 spiro atoms. The topological polar surface area (TPSA) is 96.0 Å². The number of amides is 2. The fourth-order valence-corrected chi connectivity index (χ4v) is 5.68. The smallest absolute Gasteiger partial charge is 0.264 e. The van der Waals surface area contributed by atoms with Crippen LogP contribution in [0.1, 0.15) is 32.8 Å². The SMILES string of the molecule is CCC(C(=O)NCC(C)C)N(Cc1ccc(Cl)cc1)C(=O)CN(c1ccc(F)cc1)S(=O)(=O)c1ccc(OC)cc1. The Bertz CT molecular complexity index is 1420. The van der Waals surface area contributed by atoms with Crippen LogP contribution in [0.2, 0.25) is 5.02 Å². The lowest BCUT2D eigenvalue weighted by Gasteiger charge is -2.33. The van der Waals surface area contributed by atoms with Gasteiger partial charge in [-0.3, -0.25) is 13.9 Å². The number of sulfonamides is 1. The van der Waals surface area contributed by atoms with Crippen LogP contribution in [0.4, 0.5) is 10.1 Å². The molecule has 41 heavy (non-hydrogen) atoms. The third-order valence-corrected chi connectivity index (χ3v) is 8.42. The average molecular weight is 604 g/mol. The summed E-state index contributed by atoms with van der Waals surface area (Å²) in [6.07, 6.45) is 0.297. The van der Waals surface area contributed by atoms with Gasteiger partial charge in [-0.1, -0.05) is 44.5 Å². The number of rotatable bonds is 13. The van der Waals surface area contributed by atoms with Crippen LogP contribution in [0.3, 0.4) is 0 Å². The zero-order valence-electron chi connectivity index (χ0n) is 23.5. The molecule has 0 aliphatic carbocycles. The Morgan fingerprint density at radius 2 is 1.59 bits per heavy atom. The van der Waals surface area contributed by atoms with Crippen molar-refractivity contribution in [1.82, 2.24) is 10.2 Å². The van der Waals surface area contributed by atoms with Gasteiger partial charge in [0, 0.05) is 18.1 Å². The molecule has 1 atom stereocenters. The highest BCUT2D eigenvalue weighted by molar-refractivity contribution is 7.92. The van der Waals surface area contributed by atoms with Gasteiger partial charge in [-0.25, -0.2) is 12.8 Å². The standard InChI is InChI=1S/C30H35ClFN3O5S/c1-5-28(30(37)33-18-21(2)3)34(19-22-6-8-23(31)9-7-22)29(36)20-35(25-12-10-24(32)11-13-25)41(38,39)27-16-14-26(40-4)15-17-27/h6-17,21,28H,5,18-20H2,1-4H3,(H,33,37). The summed E-state index contributed by atoms with van der Waals surface area (Å²) in [4.78, 5) is 28.5. The molecule has 3 aromatic rings. The van der Waals surface area contributed by atoms with E-state index in [0.29, 0.717) is 29.3 Å². The van der Waals surface area contributed by atoms with E-state index >= 15 is 0 Å². The van der Waals surface area contributed by atoms with Gasteiger partial charge in [-0.15, -0.1) is 0 Å². The zero-order chi connectivity index (χ0) is 30.2. The molecule has 0 heterocycles. The first kappa shape index (κ1) is 31.9. The number of carbonyl (C=O) groups is 2. The lowest BCUT2D eigenvalue weighted by molar-refractivity contribution is -0.140. The van der Waals surface area contributed by atoms with E-state index in [2.05, 4.69) is 5.32 Å². The van der Waals surface area contributed by atoms with Gasteiger partial charge in [-0.2, -0.15) is 0 Å². The monoisotopic (exact) mass is 603 g/mol. The maximum atomic E-state index is 14.0. The van der Waals surface area contributed by atoms with Crippen molar-refractivity contribution in [2.75, 3.05) is 24.5 Å². The average Bonchev–Trinajstić information content (AvgIpc) is 2.96. The van der Waals surface area contributed by atoms with Crippen LogP contribution in [0.25, 0.3) is 0 Å². The Kier molecular flexibility index (Phi) is 11.1. The van der Waals surface area contributed by atoms with Gasteiger partial charge in [0.05, 0.1) is 17.7 Å². The van der Waals surface area contributed by atoms with E-state index in [1.54, 1.807) is 31.2 Å². The Morgan fingerprint density at radius 1 is 0.976 bits per heavy atom. The fraction of sp³-hybridized carbons (Fsp3) is 0.333. The van der Waals surface area contributed by atoms with E-state index in [-0.39, 0.29) is 29.0 Å². The molecule has 1 N–H and O–H groups in total. The second-order valence-corrected chi connectivity index (χ2v) is 12.2. The van der Waals surface area contributed by atoms with Gasteiger partial charge < -0.3 is 15.0 Å². The van der Waals surface area contributed by atoms with E-state index in [1.807, 2.05) is 13.8 Å². The Morgan fingerprint density at radius 3 is 2.12 bits per heavy atom. The number of halogens is 2. The van der Waals surface area contributed by atoms with E-state index in [9.17, 15) is 22.4 Å². The zero-order valence-corrected chi connectivity index (χ0v) is 25.1. The fourth-order valence-electron chi connectivity index (χ4n) is 4.14. The molecule has 0 aromatic heterocycles. The van der Waals surface area contributed by atoms with Crippen molar-refractivity contribution in [3.63, 3.8) is 0 Å². The lowest BCUT2D eigenvalue weighted by Crippen LogP contribution is -2.52. The lowest BCUT2D eigenvalue weighted by atomic mass is 10.1. The molecule has 11 heteroatoms. The van der Waals surface area contributed by atoms with Crippen LogP contribution in [-0.4, -0.2) is 51.4 Å². The summed E-state index contributed by atoms with van der Waals surface area (Å²) in [5.74, 6) is -0.844. The molecule has 2 amide bonds. The number of benzene rings is 3. The number of hydrogen-bond acceptors (Lipinski definition) is 5. The number of hydrogen-bond donors (Lipinski definition) is 1. The third kappa shape index (κ3) is 8.43. The number of methoxy groups -OCH3 is 1. The predicted octanol–water partition coefficient (Wildman–Crippen LogP) is 5.26. The van der Waals surface area contributed by atoms with Crippen LogP contribution in [0, 0.1) is 11.7 Å². The quantitative estimate of drug-likeness (QED) is 0.287. The molecule has 0 fully saturated rings. The van der Waals surface area contributed by atoms with Crippen molar-refractivity contribution in [1.29, 1.82) is 0 Å². The highest BCUT2D eigenvalue weighted by atomic mass is 35.5. The van der Waals surface area contributed by atoms with Crippen molar-refractivity contribution in [2.45, 2.75) is 44.7 Å². The number of nitrogens with one attached hydrogen (secondary N) is 1. The number of carbonyl (C=O) groups excluding carboxylic acids is 2. The summed E-state index contributed by atoms with van der Waals surface area (Å²) in [5.41, 5.74) is 0.809. The molecule has 8 nitrogen and oxygen atoms in total. The number of ether oxygens (including phenoxy) is 1. The van der Waals surface area contributed by atoms with Gasteiger partial charge in [0.1, 0.15) is 24.2 Å². The third-order valence-electron chi connectivity index (χ3n) is 6.38. The first-order valence-electron chi connectivity index (χ1n) is 13.2. The summed E-state index contributed by atoms with van der Waals surface area (Å²) in [6, 6.07) is 16.5. The summed E-state index contributed by atoms with van der Waals surface area (Å²) in [6.45, 7) is 5.55. The predicted molar refractivity (Wildman–Crippen MR) is 158 cm³/mol. The summed E-state index contributed by atoms with van der Waals surface area (Å²) < 4.78 is 47.5. The Balaban J connectivity index is 2.03. The van der Waals surface area contributed by atoms with E-state index in [0.717, 1.165) is 16.4 Å². The first-order valence-corrected chi connectivity index (χ1v) is 15.0.